The van der Waals surface area contributed by atoms with Crippen molar-refractivity contribution >= 4 is 17.7 Å². The fourth-order valence-electron chi connectivity index (χ4n) is 4.18. The van der Waals surface area contributed by atoms with Crippen molar-refractivity contribution in [2.24, 2.45) is 17.2 Å². The fraction of sp³-hybridized carbons (Fsp3) is 0.423. The number of nitrogens with one attached hydrogen (secondary N) is 3. The van der Waals surface area contributed by atoms with E-state index in [1.165, 1.54) is 12.1 Å². The third-order valence-corrected chi connectivity index (χ3v) is 6.44. The van der Waals surface area contributed by atoms with Crippen molar-refractivity contribution < 1.29 is 29.7 Å². The van der Waals surface area contributed by atoms with Crippen molar-refractivity contribution in [3.8, 4) is 22.6 Å². The van der Waals surface area contributed by atoms with Crippen molar-refractivity contribution in [1.82, 2.24) is 16.0 Å². The lowest BCUT2D eigenvalue weighted by molar-refractivity contribution is -0.132. The van der Waals surface area contributed by atoms with Gasteiger partial charge in [-0.25, -0.2) is 0 Å². The second kappa shape index (κ2) is 13.2. The van der Waals surface area contributed by atoms with Crippen molar-refractivity contribution in [2.45, 2.75) is 49.9 Å². The maximum atomic E-state index is 13.3. The number of rotatable bonds is 7. The summed E-state index contributed by atoms with van der Waals surface area (Å²) in [7, 11) is 0. The highest BCUT2D eigenvalue weighted by Crippen LogP contribution is 2.30. The van der Waals surface area contributed by atoms with Gasteiger partial charge in [0.25, 0.3) is 0 Å². The summed E-state index contributed by atoms with van der Waals surface area (Å²) in [6, 6.07) is 6.45. The third kappa shape index (κ3) is 7.42. The van der Waals surface area contributed by atoms with E-state index in [9.17, 15) is 29.7 Å². The molecule has 0 radical (unpaired) electrons. The van der Waals surface area contributed by atoms with E-state index in [4.69, 9.17) is 17.2 Å². The number of nitrogens with two attached hydrogens (primary N) is 3. The Hall–Kier alpha value is -3.71. The maximum absolute atomic E-state index is 13.3. The van der Waals surface area contributed by atoms with Crippen LogP contribution in [0, 0.1) is 0 Å². The largest absolute Gasteiger partial charge is 0.508 e. The van der Waals surface area contributed by atoms with Gasteiger partial charge in [0.15, 0.2) is 0 Å². The Morgan fingerprint density at radius 1 is 0.974 bits per heavy atom. The lowest BCUT2D eigenvalue weighted by atomic mass is 9.95. The minimum Gasteiger partial charge on any atom is -0.508 e. The Balaban J connectivity index is 2.06. The lowest BCUT2D eigenvalue weighted by Crippen LogP contribution is -2.57. The Bertz CT molecular complexity index is 1160. The van der Waals surface area contributed by atoms with Gasteiger partial charge in [-0.15, -0.1) is 0 Å². The maximum Gasteiger partial charge on any atom is 0.243 e. The standard InChI is InChI=1S/C26H36N6O6/c27-7-1-2-20-26(38)32-21(25(37)30-13-18(33)12-28)11-17-9-15(4-6-23(17)35)14-3-5-22(34)16(8-14)10-19(29)24(36)31-20/h3-6,8-9,18-21,33-35H,1-2,7,10-13,27-29H2,(H,30,37)(H,31,36)(H,32,38)/t18?,19-,20+,21+/m1/s1. The predicted octanol–water partition coefficient (Wildman–Crippen LogP) is -1.66. The first kappa shape index (κ1) is 28.9. The number of benzene rings is 2. The van der Waals surface area contributed by atoms with Gasteiger partial charge in [-0.05, 0) is 65.9 Å². The highest BCUT2D eigenvalue weighted by Gasteiger charge is 2.29. The highest BCUT2D eigenvalue weighted by molar-refractivity contribution is 5.93. The zero-order chi connectivity index (χ0) is 27.8. The Morgan fingerprint density at radius 2 is 1.58 bits per heavy atom. The van der Waals surface area contributed by atoms with E-state index in [0.717, 1.165) is 0 Å². The van der Waals surface area contributed by atoms with Crippen LogP contribution < -0.4 is 33.2 Å². The molecule has 0 spiro atoms. The fourth-order valence-corrected chi connectivity index (χ4v) is 4.18. The van der Waals surface area contributed by atoms with E-state index in [-0.39, 0.29) is 50.4 Å². The average molecular weight is 529 g/mol. The highest BCUT2D eigenvalue weighted by atomic mass is 16.3. The smallest absolute Gasteiger partial charge is 0.243 e. The number of aliphatic hydroxyl groups is 1. The van der Waals surface area contributed by atoms with E-state index in [1.807, 2.05) is 0 Å². The van der Waals surface area contributed by atoms with Crippen molar-refractivity contribution in [3.05, 3.63) is 47.5 Å². The van der Waals surface area contributed by atoms with Crippen LogP contribution in [0.15, 0.2) is 36.4 Å². The molecule has 2 aromatic rings. The van der Waals surface area contributed by atoms with Crippen LogP contribution in [0.2, 0.25) is 0 Å². The molecule has 0 aliphatic carbocycles. The number of hydrogen-bond acceptors (Lipinski definition) is 9. The number of phenols is 2. The molecule has 1 heterocycles. The van der Waals surface area contributed by atoms with Gasteiger partial charge in [0.1, 0.15) is 23.6 Å². The van der Waals surface area contributed by atoms with Crippen LogP contribution in [0.4, 0.5) is 0 Å². The quantitative estimate of drug-likeness (QED) is 0.200. The van der Waals surface area contributed by atoms with Crippen molar-refractivity contribution in [3.63, 3.8) is 0 Å². The SMILES string of the molecule is NCCC[C@@H]1NC(=O)[C@H](N)Cc2cc(ccc2O)-c2ccc(O)c(c2)C[C@@H](C(=O)NCC(O)CN)NC1=O. The number of amides is 3. The normalized spacial score (nSPS) is 20.9. The Kier molecular flexibility index (Phi) is 10.0. The molecule has 0 fully saturated rings. The molecule has 12 N–H and O–H groups in total. The van der Waals surface area contributed by atoms with Crippen LogP contribution in [0.5, 0.6) is 11.5 Å². The molecule has 4 atom stereocenters. The lowest BCUT2D eigenvalue weighted by Gasteiger charge is -2.25. The van der Waals surface area contributed by atoms with Crippen LogP contribution in [-0.2, 0) is 27.2 Å². The summed E-state index contributed by atoms with van der Waals surface area (Å²) in [6.07, 6.45) is -0.439. The van der Waals surface area contributed by atoms with Crippen LogP contribution in [-0.4, -0.2) is 76.9 Å². The van der Waals surface area contributed by atoms with Crippen molar-refractivity contribution in [2.75, 3.05) is 19.6 Å². The minimum absolute atomic E-state index is 0.0101. The van der Waals surface area contributed by atoms with Crippen LogP contribution in [0.1, 0.15) is 24.0 Å². The van der Waals surface area contributed by atoms with Gasteiger partial charge in [0.2, 0.25) is 17.7 Å². The summed E-state index contributed by atoms with van der Waals surface area (Å²) < 4.78 is 0. The number of fused-ring (bicyclic) bond motifs is 5. The molecule has 1 unspecified atom stereocenters. The molecular formula is C26H36N6O6. The first-order chi connectivity index (χ1) is 18.1. The zero-order valence-corrected chi connectivity index (χ0v) is 21.0. The molecule has 3 amide bonds. The number of aliphatic hydroxyl groups excluding tert-OH is 1. The topological polar surface area (TPSA) is 226 Å². The second-order valence-electron chi connectivity index (χ2n) is 9.39. The predicted molar refractivity (Wildman–Crippen MR) is 141 cm³/mol. The number of carbonyl (C=O) groups is 3. The molecule has 0 saturated heterocycles. The summed E-state index contributed by atoms with van der Waals surface area (Å²) >= 11 is 0. The molecule has 38 heavy (non-hydrogen) atoms. The molecular weight excluding hydrogens is 492 g/mol. The molecule has 2 aromatic carbocycles. The molecule has 4 bridgehead atoms. The van der Waals surface area contributed by atoms with Gasteiger partial charge < -0.3 is 48.5 Å². The first-order valence-electron chi connectivity index (χ1n) is 12.5. The van der Waals surface area contributed by atoms with Gasteiger partial charge >= 0.3 is 0 Å². The monoisotopic (exact) mass is 528 g/mol. The van der Waals surface area contributed by atoms with Crippen LogP contribution in [0.3, 0.4) is 0 Å². The van der Waals surface area contributed by atoms with Crippen LogP contribution in [0.25, 0.3) is 11.1 Å². The van der Waals surface area contributed by atoms with E-state index < -0.39 is 42.0 Å². The summed E-state index contributed by atoms with van der Waals surface area (Å²) in [5, 5.41) is 38.6. The van der Waals surface area contributed by atoms with E-state index in [0.29, 0.717) is 28.7 Å². The molecule has 1 aliphatic rings. The van der Waals surface area contributed by atoms with Gasteiger partial charge in [-0.2, -0.15) is 0 Å². The Labute approximate surface area is 220 Å². The number of carbonyl (C=O) groups excluding carboxylic acids is 3. The zero-order valence-electron chi connectivity index (χ0n) is 21.0. The van der Waals surface area contributed by atoms with Crippen molar-refractivity contribution in [1.29, 1.82) is 0 Å². The average Bonchev–Trinajstić information content (AvgIpc) is 2.90. The number of aromatic hydroxyl groups is 2. The number of phenolic OH excluding ortho intramolecular Hbond substituents is 2. The number of hydrogen-bond donors (Lipinski definition) is 9. The summed E-state index contributed by atoms with van der Waals surface area (Å²) in [6.45, 7) is 0.0718. The Morgan fingerprint density at radius 3 is 2.16 bits per heavy atom. The molecule has 12 nitrogen and oxygen atoms in total. The first-order valence-corrected chi connectivity index (χ1v) is 12.5. The summed E-state index contributed by atoms with van der Waals surface area (Å²) in [5.41, 5.74) is 19.4. The van der Waals surface area contributed by atoms with Gasteiger partial charge in [-0.3, -0.25) is 14.4 Å². The van der Waals surface area contributed by atoms with Crippen LogP contribution >= 0.6 is 0 Å². The van der Waals surface area contributed by atoms with Gasteiger partial charge in [0, 0.05) is 25.9 Å². The molecule has 206 valence electrons. The van der Waals surface area contributed by atoms with E-state index >= 15 is 0 Å². The molecule has 1 aliphatic heterocycles. The molecule has 0 saturated carbocycles. The second-order valence-corrected chi connectivity index (χ2v) is 9.39. The summed E-state index contributed by atoms with van der Waals surface area (Å²) in [4.78, 5) is 39.3. The minimum atomic E-state index is -1.15. The van der Waals surface area contributed by atoms with Gasteiger partial charge in [-0.1, -0.05) is 12.1 Å². The third-order valence-electron chi connectivity index (χ3n) is 6.44. The van der Waals surface area contributed by atoms with E-state index in [1.54, 1.807) is 24.3 Å². The van der Waals surface area contributed by atoms with Gasteiger partial charge in [0.05, 0.1) is 12.1 Å². The summed E-state index contributed by atoms with van der Waals surface area (Å²) in [5.74, 6) is -1.96. The molecule has 0 aromatic heterocycles. The van der Waals surface area contributed by atoms with E-state index in [2.05, 4.69) is 16.0 Å². The molecule has 3 rings (SSSR count). The molecule has 12 heteroatoms.